The molecular formula is C20H23N3O9S2. The summed E-state index contributed by atoms with van der Waals surface area (Å²) in [6.45, 7) is 0.345. The number of sulfone groups is 1. The van der Waals surface area contributed by atoms with Gasteiger partial charge in [0.1, 0.15) is 18.0 Å². The first kappa shape index (κ1) is 25.2. The quantitative estimate of drug-likeness (QED) is 0.491. The smallest absolute Gasteiger partial charge is 0.265 e. The number of benzene rings is 1. The topological polar surface area (TPSA) is 149 Å². The summed E-state index contributed by atoms with van der Waals surface area (Å²) in [7, 11) is -5.21. The minimum atomic E-state index is -4.19. The number of ether oxygens (including phenoxy) is 3. The normalized spacial score (nSPS) is 13.6. The predicted octanol–water partition coefficient (Wildman–Crippen LogP) is 0.611. The van der Waals surface area contributed by atoms with Crippen LogP contribution in [0.4, 0.5) is 11.4 Å². The van der Waals surface area contributed by atoms with Crippen molar-refractivity contribution in [3.8, 4) is 17.5 Å². The molecule has 0 fully saturated rings. The maximum absolute atomic E-state index is 13.3. The number of rotatable bonds is 8. The number of aromatic nitrogens is 1. The second-order valence-corrected chi connectivity index (χ2v) is 11.2. The number of anilines is 2. The Bertz CT molecular complexity index is 1340. The zero-order valence-electron chi connectivity index (χ0n) is 18.8. The van der Waals surface area contributed by atoms with Crippen LogP contribution in [0.25, 0.3) is 0 Å². The van der Waals surface area contributed by atoms with Crippen molar-refractivity contribution in [2.45, 2.75) is 11.8 Å². The maximum Gasteiger partial charge on any atom is 0.265 e. The van der Waals surface area contributed by atoms with Gasteiger partial charge in [0.15, 0.2) is 16.4 Å². The van der Waals surface area contributed by atoms with Crippen molar-refractivity contribution >= 4 is 43.0 Å². The minimum absolute atomic E-state index is 0.0346. The van der Waals surface area contributed by atoms with E-state index in [1.165, 1.54) is 51.5 Å². The van der Waals surface area contributed by atoms with Gasteiger partial charge in [-0.2, -0.15) is 9.29 Å². The van der Waals surface area contributed by atoms with E-state index in [2.05, 4.69) is 4.98 Å². The Balaban J connectivity index is 2.05. The lowest BCUT2D eigenvalue weighted by molar-refractivity contribution is -0.124. The average molecular weight is 514 g/mol. The van der Waals surface area contributed by atoms with Crippen molar-refractivity contribution in [3.05, 3.63) is 30.3 Å². The van der Waals surface area contributed by atoms with Gasteiger partial charge in [-0.15, -0.1) is 0 Å². The van der Waals surface area contributed by atoms with E-state index in [1.54, 1.807) is 0 Å². The van der Waals surface area contributed by atoms with Crippen molar-refractivity contribution in [3.63, 3.8) is 0 Å². The zero-order chi connectivity index (χ0) is 25.3. The first-order chi connectivity index (χ1) is 15.9. The Morgan fingerprint density at radius 3 is 2.44 bits per heavy atom. The summed E-state index contributed by atoms with van der Waals surface area (Å²) in [6, 6.07) is 6.57. The van der Waals surface area contributed by atoms with Crippen LogP contribution in [0.2, 0.25) is 0 Å². The highest BCUT2D eigenvalue weighted by atomic mass is 32.2. The van der Waals surface area contributed by atoms with Crippen LogP contribution in [0, 0.1) is 0 Å². The number of amides is 2. The summed E-state index contributed by atoms with van der Waals surface area (Å²) in [5.41, 5.74) is -0.147. The van der Waals surface area contributed by atoms with E-state index in [0.29, 0.717) is 4.31 Å². The van der Waals surface area contributed by atoms with Crippen molar-refractivity contribution in [2.75, 3.05) is 48.6 Å². The van der Waals surface area contributed by atoms with Crippen LogP contribution in [-0.4, -0.2) is 73.0 Å². The third kappa shape index (κ3) is 4.92. The standard InChI is InChI=1S/C20H23N3O9S2/c1-5-34(28,29)13-6-8-16-15(10-13)22(19(25)12-32-16)11-18(24)23(33(4,26)27)14-7-9-17(30-2)21-20(14)31-3/h6-10H,5,11-12H2,1-4H3. The molecule has 1 aromatic heterocycles. The fourth-order valence-electron chi connectivity index (χ4n) is 3.25. The maximum atomic E-state index is 13.3. The number of pyridine rings is 1. The highest BCUT2D eigenvalue weighted by Crippen LogP contribution is 2.35. The molecule has 0 saturated carbocycles. The molecule has 0 saturated heterocycles. The van der Waals surface area contributed by atoms with Crippen molar-refractivity contribution < 1.29 is 40.6 Å². The minimum Gasteiger partial charge on any atom is -0.482 e. The number of nitrogens with zero attached hydrogens (tertiary/aromatic N) is 3. The highest BCUT2D eigenvalue weighted by molar-refractivity contribution is 7.92. The van der Waals surface area contributed by atoms with Gasteiger partial charge in [0, 0.05) is 6.07 Å². The molecule has 0 unspecified atom stereocenters. The molecule has 12 nitrogen and oxygen atoms in total. The molecule has 0 N–H and O–H groups in total. The SMILES string of the molecule is CCS(=O)(=O)c1ccc2c(c1)N(CC(=O)N(c1ccc(OC)nc1OC)S(C)(=O)=O)C(=O)CO2. The first-order valence-electron chi connectivity index (χ1n) is 9.85. The Morgan fingerprint density at radius 1 is 1.15 bits per heavy atom. The summed E-state index contributed by atoms with van der Waals surface area (Å²) in [5, 5.41) is 0. The molecule has 1 aromatic carbocycles. The molecule has 2 aromatic rings. The zero-order valence-corrected chi connectivity index (χ0v) is 20.5. The number of carbonyl (C=O) groups is 2. The molecular weight excluding hydrogens is 490 g/mol. The summed E-state index contributed by atoms with van der Waals surface area (Å²) in [5.74, 6) is -1.72. The lowest BCUT2D eigenvalue weighted by Crippen LogP contribution is -2.48. The van der Waals surface area contributed by atoms with Crippen LogP contribution in [0.15, 0.2) is 35.2 Å². The van der Waals surface area contributed by atoms with E-state index in [4.69, 9.17) is 14.2 Å². The van der Waals surface area contributed by atoms with Crippen LogP contribution in [-0.2, 0) is 29.4 Å². The van der Waals surface area contributed by atoms with Crippen LogP contribution < -0.4 is 23.4 Å². The molecule has 1 aliphatic heterocycles. The molecule has 0 bridgehead atoms. The van der Waals surface area contributed by atoms with Gasteiger partial charge in [0.05, 0.1) is 36.8 Å². The number of hydrogen-bond acceptors (Lipinski definition) is 10. The predicted molar refractivity (Wildman–Crippen MR) is 122 cm³/mol. The van der Waals surface area contributed by atoms with Crippen LogP contribution in [0.3, 0.4) is 0 Å². The molecule has 2 heterocycles. The molecule has 0 aliphatic carbocycles. The molecule has 0 radical (unpaired) electrons. The molecule has 34 heavy (non-hydrogen) atoms. The lowest BCUT2D eigenvalue weighted by atomic mass is 10.2. The number of carbonyl (C=O) groups excluding carboxylic acids is 2. The molecule has 1 aliphatic rings. The Labute approximate surface area is 197 Å². The van der Waals surface area contributed by atoms with Gasteiger partial charge in [-0.25, -0.2) is 16.8 Å². The van der Waals surface area contributed by atoms with Gasteiger partial charge < -0.3 is 14.2 Å². The molecule has 0 spiro atoms. The summed E-state index contributed by atoms with van der Waals surface area (Å²) < 4.78 is 65.7. The molecule has 14 heteroatoms. The van der Waals surface area contributed by atoms with Gasteiger partial charge in [-0.3, -0.25) is 14.5 Å². The van der Waals surface area contributed by atoms with Crippen LogP contribution >= 0.6 is 0 Å². The van der Waals surface area contributed by atoms with Gasteiger partial charge in [-0.1, -0.05) is 6.92 Å². The summed E-state index contributed by atoms with van der Waals surface area (Å²) >= 11 is 0. The van der Waals surface area contributed by atoms with Crippen molar-refractivity contribution in [1.82, 2.24) is 4.98 Å². The van der Waals surface area contributed by atoms with E-state index >= 15 is 0 Å². The van der Waals surface area contributed by atoms with Gasteiger partial charge >= 0.3 is 0 Å². The van der Waals surface area contributed by atoms with E-state index < -0.39 is 44.8 Å². The Kier molecular flexibility index (Phi) is 7.02. The third-order valence-corrected chi connectivity index (χ3v) is 7.70. The Hall–Kier alpha value is -3.39. The van der Waals surface area contributed by atoms with E-state index in [1.807, 2.05) is 0 Å². The lowest BCUT2D eigenvalue weighted by Gasteiger charge is -2.31. The van der Waals surface area contributed by atoms with Gasteiger partial charge in [0.2, 0.25) is 21.8 Å². The Morgan fingerprint density at radius 2 is 1.85 bits per heavy atom. The van der Waals surface area contributed by atoms with E-state index in [9.17, 15) is 26.4 Å². The number of sulfonamides is 1. The summed E-state index contributed by atoms with van der Waals surface area (Å²) in [4.78, 5) is 30.8. The van der Waals surface area contributed by atoms with Gasteiger partial charge in [-0.05, 0) is 24.3 Å². The fraction of sp³-hybridized carbons (Fsp3) is 0.350. The second kappa shape index (κ2) is 9.46. The number of methoxy groups -OCH3 is 2. The molecule has 2 amide bonds. The third-order valence-electron chi connectivity index (χ3n) is 4.90. The second-order valence-electron chi connectivity index (χ2n) is 7.10. The highest BCUT2D eigenvalue weighted by Gasteiger charge is 2.35. The van der Waals surface area contributed by atoms with Crippen LogP contribution in [0.5, 0.6) is 17.5 Å². The van der Waals surface area contributed by atoms with E-state index in [-0.39, 0.29) is 39.5 Å². The van der Waals surface area contributed by atoms with Gasteiger partial charge in [0.25, 0.3) is 11.8 Å². The van der Waals surface area contributed by atoms with Crippen LogP contribution in [0.1, 0.15) is 6.92 Å². The molecule has 184 valence electrons. The van der Waals surface area contributed by atoms with Crippen molar-refractivity contribution in [1.29, 1.82) is 0 Å². The average Bonchev–Trinajstić information content (AvgIpc) is 2.80. The van der Waals surface area contributed by atoms with Crippen molar-refractivity contribution in [2.24, 2.45) is 0 Å². The largest absolute Gasteiger partial charge is 0.482 e. The monoisotopic (exact) mass is 513 g/mol. The number of fused-ring (bicyclic) bond motifs is 1. The fourth-order valence-corrected chi connectivity index (χ4v) is 5.07. The summed E-state index contributed by atoms with van der Waals surface area (Å²) in [6.07, 6.45) is 0.815. The molecule has 3 rings (SSSR count). The first-order valence-corrected chi connectivity index (χ1v) is 13.3. The molecule has 0 atom stereocenters. The van der Waals surface area contributed by atoms with E-state index in [0.717, 1.165) is 11.2 Å². The number of hydrogen-bond donors (Lipinski definition) is 0.